The Kier molecular flexibility index (Phi) is 5.57. The summed E-state index contributed by atoms with van der Waals surface area (Å²) in [5.41, 5.74) is 2.38. The van der Waals surface area contributed by atoms with Crippen LogP contribution in [0.2, 0.25) is 0 Å². The normalized spacial score (nSPS) is 11.3. The van der Waals surface area contributed by atoms with Crippen LogP contribution in [0.5, 0.6) is 5.75 Å². The maximum atomic E-state index is 11.6. The Labute approximate surface area is 142 Å². The molecular formula is C19H24N2O3. The van der Waals surface area contributed by atoms with Crippen LogP contribution in [0, 0.1) is 6.92 Å². The number of ether oxygens (including phenoxy) is 1. The van der Waals surface area contributed by atoms with Gasteiger partial charge in [0, 0.05) is 24.7 Å². The van der Waals surface area contributed by atoms with Gasteiger partial charge in [-0.3, -0.25) is 4.98 Å². The number of aromatic carboxylic acids is 1. The smallest absolute Gasteiger partial charge is 0.337 e. The van der Waals surface area contributed by atoms with E-state index in [1.165, 1.54) is 0 Å². The number of carboxylic acid groups (broad SMARTS) is 1. The predicted molar refractivity (Wildman–Crippen MR) is 93.7 cm³/mol. The number of nitrogens with zero attached hydrogens (tertiary/aromatic N) is 1. The van der Waals surface area contributed by atoms with Crippen molar-refractivity contribution in [1.29, 1.82) is 0 Å². The predicted octanol–water partition coefficient (Wildman–Crippen LogP) is 3.16. The quantitative estimate of drug-likeness (QED) is 0.817. The Morgan fingerprint density at radius 1 is 1.25 bits per heavy atom. The zero-order valence-electron chi connectivity index (χ0n) is 14.6. The monoisotopic (exact) mass is 328 g/mol. The number of benzene rings is 1. The first-order chi connectivity index (χ1) is 11.3. The van der Waals surface area contributed by atoms with Crippen LogP contribution in [0.15, 0.2) is 36.5 Å². The van der Waals surface area contributed by atoms with Gasteiger partial charge < -0.3 is 15.2 Å². The number of hydrogen-bond acceptors (Lipinski definition) is 4. The fourth-order valence-corrected chi connectivity index (χ4v) is 2.69. The standard InChI is InChI=1S/C19H24N2O3/c1-13-9-10-21-17(16(13)18(22)23)19(2,3)12-20-11-14-5-7-15(24-4)8-6-14/h5-10,20H,11-12H2,1-4H3,(H,22,23). The number of carbonyl (C=O) groups is 1. The van der Waals surface area contributed by atoms with Crippen molar-refractivity contribution in [2.24, 2.45) is 0 Å². The molecule has 1 aromatic carbocycles. The third-order valence-corrected chi connectivity index (χ3v) is 4.07. The van der Waals surface area contributed by atoms with Crippen LogP contribution < -0.4 is 10.1 Å². The van der Waals surface area contributed by atoms with Crippen molar-refractivity contribution < 1.29 is 14.6 Å². The highest BCUT2D eigenvalue weighted by atomic mass is 16.5. The second-order valence-electron chi connectivity index (χ2n) is 6.49. The van der Waals surface area contributed by atoms with E-state index < -0.39 is 11.4 Å². The molecule has 0 amide bonds. The highest BCUT2D eigenvalue weighted by Gasteiger charge is 2.28. The fourth-order valence-electron chi connectivity index (χ4n) is 2.69. The van der Waals surface area contributed by atoms with Crippen LogP contribution in [-0.2, 0) is 12.0 Å². The van der Waals surface area contributed by atoms with Crippen molar-refractivity contribution in [3.05, 3.63) is 58.9 Å². The summed E-state index contributed by atoms with van der Waals surface area (Å²) >= 11 is 0. The average molecular weight is 328 g/mol. The van der Waals surface area contributed by atoms with Crippen LogP contribution in [0.25, 0.3) is 0 Å². The minimum absolute atomic E-state index is 0.300. The number of rotatable bonds is 7. The molecule has 0 aliphatic heterocycles. The van der Waals surface area contributed by atoms with Crippen LogP contribution >= 0.6 is 0 Å². The first kappa shape index (κ1) is 17.9. The van der Waals surface area contributed by atoms with Gasteiger partial charge in [-0.1, -0.05) is 26.0 Å². The van der Waals surface area contributed by atoms with Crippen LogP contribution in [0.4, 0.5) is 0 Å². The summed E-state index contributed by atoms with van der Waals surface area (Å²) in [7, 11) is 1.64. The highest BCUT2D eigenvalue weighted by molar-refractivity contribution is 5.90. The zero-order valence-corrected chi connectivity index (χ0v) is 14.6. The number of hydrogen-bond donors (Lipinski definition) is 2. The molecule has 0 saturated heterocycles. The molecule has 0 bridgehead atoms. The van der Waals surface area contributed by atoms with Gasteiger partial charge in [-0.25, -0.2) is 4.79 Å². The van der Waals surface area contributed by atoms with Crippen molar-refractivity contribution in [3.8, 4) is 5.75 Å². The van der Waals surface area contributed by atoms with Crippen LogP contribution in [0.1, 0.15) is 41.0 Å². The number of aryl methyl sites for hydroxylation is 1. The SMILES string of the molecule is COc1ccc(CNCC(C)(C)c2nccc(C)c2C(=O)O)cc1. The molecule has 2 rings (SSSR count). The highest BCUT2D eigenvalue weighted by Crippen LogP contribution is 2.26. The van der Waals surface area contributed by atoms with E-state index in [9.17, 15) is 9.90 Å². The summed E-state index contributed by atoms with van der Waals surface area (Å²) in [4.78, 5) is 15.9. The van der Waals surface area contributed by atoms with Crippen molar-refractivity contribution in [2.45, 2.75) is 32.7 Å². The van der Waals surface area contributed by atoms with Gasteiger partial charge in [-0.05, 0) is 36.2 Å². The van der Waals surface area contributed by atoms with Gasteiger partial charge in [0.05, 0.1) is 18.4 Å². The lowest BCUT2D eigenvalue weighted by Crippen LogP contribution is -2.35. The Hall–Kier alpha value is -2.40. The van der Waals surface area contributed by atoms with E-state index in [0.29, 0.717) is 24.3 Å². The Bertz CT molecular complexity index is 709. The lowest BCUT2D eigenvalue weighted by Gasteiger charge is -2.26. The molecule has 0 radical (unpaired) electrons. The minimum atomic E-state index is -0.932. The molecule has 24 heavy (non-hydrogen) atoms. The molecular weight excluding hydrogens is 304 g/mol. The second-order valence-corrected chi connectivity index (χ2v) is 6.49. The van der Waals surface area contributed by atoms with E-state index in [2.05, 4.69) is 10.3 Å². The molecule has 128 valence electrons. The lowest BCUT2D eigenvalue weighted by molar-refractivity contribution is 0.0692. The molecule has 0 unspecified atom stereocenters. The molecule has 0 aliphatic carbocycles. The maximum absolute atomic E-state index is 11.6. The van der Waals surface area contributed by atoms with Crippen LogP contribution in [0.3, 0.4) is 0 Å². The number of methoxy groups -OCH3 is 1. The van der Waals surface area contributed by atoms with Crippen molar-refractivity contribution in [3.63, 3.8) is 0 Å². The summed E-state index contributed by atoms with van der Waals surface area (Å²) < 4.78 is 5.15. The minimum Gasteiger partial charge on any atom is -0.497 e. The fraction of sp³-hybridized carbons (Fsp3) is 0.368. The second kappa shape index (κ2) is 7.45. The molecule has 0 aliphatic rings. The lowest BCUT2D eigenvalue weighted by atomic mass is 9.84. The third kappa shape index (κ3) is 4.11. The Morgan fingerprint density at radius 2 is 1.92 bits per heavy atom. The Morgan fingerprint density at radius 3 is 2.50 bits per heavy atom. The number of nitrogens with one attached hydrogen (secondary N) is 1. The molecule has 5 nitrogen and oxygen atoms in total. The first-order valence-electron chi connectivity index (χ1n) is 7.88. The number of carboxylic acids is 1. The van der Waals surface area contributed by atoms with E-state index in [-0.39, 0.29) is 0 Å². The molecule has 0 atom stereocenters. The number of aromatic nitrogens is 1. The molecule has 1 heterocycles. The topological polar surface area (TPSA) is 71.5 Å². The van der Waals surface area contributed by atoms with Crippen molar-refractivity contribution in [1.82, 2.24) is 10.3 Å². The van der Waals surface area contributed by atoms with Gasteiger partial charge in [-0.2, -0.15) is 0 Å². The number of pyridine rings is 1. The van der Waals surface area contributed by atoms with Crippen molar-refractivity contribution >= 4 is 5.97 Å². The van der Waals surface area contributed by atoms with E-state index in [1.807, 2.05) is 38.1 Å². The van der Waals surface area contributed by atoms with Gasteiger partial charge in [0.25, 0.3) is 0 Å². The largest absolute Gasteiger partial charge is 0.497 e. The Balaban J connectivity index is 2.08. The summed E-state index contributed by atoms with van der Waals surface area (Å²) in [6.07, 6.45) is 1.67. The summed E-state index contributed by atoms with van der Waals surface area (Å²) in [6, 6.07) is 9.59. The molecule has 2 N–H and O–H groups in total. The van der Waals surface area contributed by atoms with Gasteiger partial charge >= 0.3 is 5.97 Å². The summed E-state index contributed by atoms with van der Waals surface area (Å²) in [5, 5.41) is 12.9. The van der Waals surface area contributed by atoms with Crippen molar-refractivity contribution in [2.75, 3.05) is 13.7 Å². The zero-order chi connectivity index (χ0) is 17.7. The molecule has 0 spiro atoms. The average Bonchev–Trinajstić information content (AvgIpc) is 2.54. The van der Waals surface area contributed by atoms with E-state index in [0.717, 1.165) is 16.9 Å². The van der Waals surface area contributed by atoms with Gasteiger partial charge in [0.15, 0.2) is 0 Å². The molecule has 0 saturated carbocycles. The molecule has 2 aromatic rings. The molecule has 0 fully saturated rings. The first-order valence-corrected chi connectivity index (χ1v) is 7.88. The summed E-state index contributed by atoms with van der Waals surface area (Å²) in [6.45, 7) is 7.12. The third-order valence-electron chi connectivity index (χ3n) is 4.07. The van der Waals surface area contributed by atoms with Gasteiger partial charge in [0.1, 0.15) is 5.75 Å². The van der Waals surface area contributed by atoms with Gasteiger partial charge in [0.2, 0.25) is 0 Å². The molecule has 1 aromatic heterocycles. The van der Waals surface area contributed by atoms with Crippen LogP contribution in [-0.4, -0.2) is 29.7 Å². The maximum Gasteiger partial charge on any atom is 0.337 e. The summed E-state index contributed by atoms with van der Waals surface area (Å²) in [5.74, 6) is -0.104. The van der Waals surface area contributed by atoms with E-state index >= 15 is 0 Å². The van der Waals surface area contributed by atoms with Gasteiger partial charge in [-0.15, -0.1) is 0 Å². The molecule has 5 heteroatoms. The van der Waals surface area contributed by atoms with E-state index in [4.69, 9.17) is 4.74 Å². The van der Waals surface area contributed by atoms with E-state index in [1.54, 1.807) is 26.3 Å².